The number of nitrogens with zero attached hydrogens (tertiary/aromatic N) is 1. The van der Waals surface area contributed by atoms with Gasteiger partial charge in [0.2, 0.25) is 0 Å². The van der Waals surface area contributed by atoms with Crippen LogP contribution in [-0.2, 0) is 11.4 Å². The average Bonchev–Trinajstić information content (AvgIpc) is 2.71. The highest BCUT2D eigenvalue weighted by molar-refractivity contribution is 6.04. The second-order valence-electron chi connectivity index (χ2n) is 6.85. The number of rotatable bonds is 6. The zero-order valence-electron chi connectivity index (χ0n) is 16.7. The number of phenolic OH excluding ortho intramolecular Hbond substituents is 1. The third-order valence-electron chi connectivity index (χ3n) is 4.68. The minimum absolute atomic E-state index is 0.236. The Balaban J connectivity index is 1.88. The van der Waals surface area contributed by atoms with Crippen molar-refractivity contribution in [1.82, 2.24) is 0 Å². The van der Waals surface area contributed by atoms with Crippen LogP contribution in [0.2, 0.25) is 0 Å². The third kappa shape index (κ3) is 4.52. The van der Waals surface area contributed by atoms with Crippen LogP contribution < -0.4 is 4.74 Å². The van der Waals surface area contributed by atoms with Gasteiger partial charge in [0.15, 0.2) is 0 Å². The first-order valence-electron chi connectivity index (χ1n) is 9.18. The molecule has 0 amide bonds. The van der Waals surface area contributed by atoms with Gasteiger partial charge in [0.1, 0.15) is 18.1 Å². The highest BCUT2D eigenvalue weighted by atomic mass is 16.6. The van der Waals surface area contributed by atoms with Crippen LogP contribution in [-0.4, -0.2) is 17.9 Å². The predicted octanol–water partition coefficient (Wildman–Crippen LogP) is 5.63. The highest BCUT2D eigenvalue weighted by Gasteiger charge is 2.12. The summed E-state index contributed by atoms with van der Waals surface area (Å²) in [5.41, 5.74) is 6.62. The molecule has 28 heavy (non-hydrogen) atoms. The number of aryl methyl sites for hydroxylation is 2. The van der Waals surface area contributed by atoms with Gasteiger partial charge in [-0.2, -0.15) is 0 Å². The molecule has 0 spiro atoms. The van der Waals surface area contributed by atoms with Crippen molar-refractivity contribution in [2.75, 3.05) is 7.11 Å². The number of aromatic hydroxyl groups is 1. The summed E-state index contributed by atoms with van der Waals surface area (Å²) >= 11 is 0. The molecule has 0 heterocycles. The van der Waals surface area contributed by atoms with Gasteiger partial charge in [0, 0.05) is 5.56 Å². The number of hydrogen-bond acceptors (Lipinski definition) is 4. The minimum Gasteiger partial charge on any atom is -0.508 e. The van der Waals surface area contributed by atoms with Crippen LogP contribution >= 0.6 is 0 Å². The van der Waals surface area contributed by atoms with Gasteiger partial charge in [-0.05, 0) is 67.3 Å². The van der Waals surface area contributed by atoms with Crippen molar-refractivity contribution in [1.29, 1.82) is 0 Å². The molecule has 144 valence electrons. The van der Waals surface area contributed by atoms with Gasteiger partial charge in [0.25, 0.3) is 0 Å². The molecule has 0 bridgehead atoms. The second kappa shape index (κ2) is 8.61. The maximum absolute atomic E-state index is 10.2. The van der Waals surface area contributed by atoms with Crippen molar-refractivity contribution in [2.45, 2.75) is 27.4 Å². The number of ether oxygens (including phenoxy) is 1. The van der Waals surface area contributed by atoms with E-state index in [0.717, 1.165) is 33.6 Å². The van der Waals surface area contributed by atoms with E-state index in [1.165, 1.54) is 5.56 Å². The van der Waals surface area contributed by atoms with E-state index in [9.17, 15) is 5.11 Å². The molecule has 0 radical (unpaired) electrons. The first kappa shape index (κ1) is 19.5. The lowest BCUT2D eigenvalue weighted by molar-refractivity contribution is 0.130. The summed E-state index contributed by atoms with van der Waals surface area (Å²) in [4.78, 5) is 5.56. The molecular weight excluding hydrogens is 350 g/mol. The van der Waals surface area contributed by atoms with Gasteiger partial charge in [-0.25, -0.2) is 0 Å². The molecule has 0 atom stereocenters. The maximum atomic E-state index is 10.2. The predicted molar refractivity (Wildman–Crippen MR) is 113 cm³/mol. The summed E-state index contributed by atoms with van der Waals surface area (Å²) in [5, 5.41) is 14.5. The molecule has 0 saturated carbocycles. The van der Waals surface area contributed by atoms with Crippen molar-refractivity contribution >= 4 is 5.71 Å². The summed E-state index contributed by atoms with van der Waals surface area (Å²) in [5.74, 6) is 1.04. The lowest BCUT2D eigenvalue weighted by Gasteiger charge is -2.13. The summed E-state index contributed by atoms with van der Waals surface area (Å²) in [6, 6.07) is 19.7. The third-order valence-corrected chi connectivity index (χ3v) is 4.68. The molecule has 0 unspecified atom stereocenters. The van der Waals surface area contributed by atoms with Gasteiger partial charge < -0.3 is 14.7 Å². The lowest BCUT2D eigenvalue weighted by Crippen LogP contribution is -2.01. The minimum atomic E-state index is 0.236. The SMILES string of the molecule is COc1ccc(-c2cc(C)c(O)cc2/C(C)=N/OCc2ccc(C)cc2)cc1. The van der Waals surface area contributed by atoms with Crippen molar-refractivity contribution in [2.24, 2.45) is 5.16 Å². The monoisotopic (exact) mass is 375 g/mol. The van der Waals surface area contributed by atoms with E-state index < -0.39 is 0 Å². The van der Waals surface area contributed by atoms with Crippen molar-refractivity contribution in [3.05, 3.63) is 82.9 Å². The Hall–Kier alpha value is -3.27. The van der Waals surface area contributed by atoms with E-state index in [-0.39, 0.29) is 5.75 Å². The van der Waals surface area contributed by atoms with E-state index in [4.69, 9.17) is 9.57 Å². The zero-order chi connectivity index (χ0) is 20.1. The van der Waals surface area contributed by atoms with Crippen LogP contribution in [0.15, 0.2) is 65.8 Å². The van der Waals surface area contributed by atoms with Crippen LogP contribution in [0.3, 0.4) is 0 Å². The number of phenols is 1. The topological polar surface area (TPSA) is 51.0 Å². The van der Waals surface area contributed by atoms with Gasteiger partial charge in [0.05, 0.1) is 12.8 Å². The standard InChI is InChI=1S/C24H25NO3/c1-16-5-7-19(8-6-16)15-28-25-18(3)22-14-24(26)17(2)13-23(22)20-9-11-21(27-4)12-10-20/h5-14,26H,15H2,1-4H3/b25-18+. The molecule has 3 rings (SSSR count). The van der Waals surface area contributed by atoms with Crippen LogP contribution in [0, 0.1) is 13.8 Å². The van der Waals surface area contributed by atoms with Crippen molar-refractivity contribution in [3.63, 3.8) is 0 Å². The Labute approximate surface area is 166 Å². The molecule has 4 nitrogen and oxygen atoms in total. The molecule has 0 aliphatic heterocycles. The van der Waals surface area contributed by atoms with Gasteiger partial charge in [-0.15, -0.1) is 0 Å². The Morgan fingerprint density at radius 1 is 0.964 bits per heavy atom. The van der Waals surface area contributed by atoms with Crippen LogP contribution in [0.1, 0.15) is 29.2 Å². The molecule has 3 aromatic carbocycles. The molecular formula is C24H25NO3. The highest BCUT2D eigenvalue weighted by Crippen LogP contribution is 2.31. The van der Waals surface area contributed by atoms with E-state index >= 15 is 0 Å². The van der Waals surface area contributed by atoms with E-state index in [0.29, 0.717) is 12.3 Å². The molecule has 4 heteroatoms. The number of methoxy groups -OCH3 is 1. The smallest absolute Gasteiger partial charge is 0.142 e. The Morgan fingerprint density at radius 3 is 2.29 bits per heavy atom. The molecule has 1 N–H and O–H groups in total. The fourth-order valence-corrected chi connectivity index (χ4v) is 2.94. The molecule has 3 aromatic rings. The zero-order valence-corrected chi connectivity index (χ0v) is 16.7. The number of oxime groups is 1. The quantitative estimate of drug-likeness (QED) is 0.449. The normalized spacial score (nSPS) is 11.4. The Bertz CT molecular complexity index is 974. The van der Waals surface area contributed by atoms with Crippen molar-refractivity contribution < 1.29 is 14.7 Å². The largest absolute Gasteiger partial charge is 0.508 e. The molecule has 0 fully saturated rings. The summed E-state index contributed by atoms with van der Waals surface area (Å²) in [7, 11) is 1.65. The van der Waals surface area contributed by atoms with Crippen LogP contribution in [0.25, 0.3) is 11.1 Å². The van der Waals surface area contributed by atoms with Crippen molar-refractivity contribution in [3.8, 4) is 22.6 Å². The molecule has 0 aliphatic carbocycles. The first-order chi connectivity index (χ1) is 13.5. The average molecular weight is 375 g/mol. The van der Waals surface area contributed by atoms with Gasteiger partial charge >= 0.3 is 0 Å². The Kier molecular flexibility index (Phi) is 5.99. The molecule has 0 saturated heterocycles. The number of benzene rings is 3. The van der Waals surface area contributed by atoms with Crippen LogP contribution in [0.4, 0.5) is 0 Å². The van der Waals surface area contributed by atoms with E-state index in [2.05, 4.69) is 24.2 Å². The number of hydrogen-bond donors (Lipinski definition) is 1. The molecule has 0 aromatic heterocycles. The van der Waals surface area contributed by atoms with Gasteiger partial charge in [-0.3, -0.25) is 0 Å². The lowest BCUT2D eigenvalue weighted by atomic mass is 9.94. The molecule has 0 aliphatic rings. The fraction of sp³-hybridized carbons (Fsp3) is 0.208. The van der Waals surface area contributed by atoms with E-state index in [1.807, 2.05) is 56.3 Å². The van der Waals surface area contributed by atoms with Crippen LogP contribution in [0.5, 0.6) is 11.5 Å². The fourth-order valence-electron chi connectivity index (χ4n) is 2.94. The second-order valence-corrected chi connectivity index (χ2v) is 6.85. The van der Waals surface area contributed by atoms with E-state index in [1.54, 1.807) is 13.2 Å². The Morgan fingerprint density at radius 2 is 1.64 bits per heavy atom. The summed E-state index contributed by atoms with van der Waals surface area (Å²) < 4.78 is 5.24. The van der Waals surface area contributed by atoms with Gasteiger partial charge in [-0.1, -0.05) is 47.1 Å². The maximum Gasteiger partial charge on any atom is 0.142 e. The first-order valence-corrected chi connectivity index (χ1v) is 9.18. The summed E-state index contributed by atoms with van der Waals surface area (Å²) in [6.07, 6.45) is 0. The summed E-state index contributed by atoms with van der Waals surface area (Å²) in [6.45, 7) is 6.21.